The summed E-state index contributed by atoms with van der Waals surface area (Å²) in [4.78, 5) is 5.57. The lowest BCUT2D eigenvalue weighted by Crippen LogP contribution is -2.49. The van der Waals surface area contributed by atoms with Crippen molar-refractivity contribution in [3.8, 4) is 0 Å². The van der Waals surface area contributed by atoms with E-state index in [1.807, 2.05) is 0 Å². The Balaban J connectivity index is 1.62. The fourth-order valence-electron chi connectivity index (χ4n) is 5.78. The average Bonchev–Trinajstić information content (AvgIpc) is 2.72. The number of hydrogen-bond acceptors (Lipinski definition) is 4. The lowest BCUT2D eigenvalue weighted by molar-refractivity contribution is 0.0660. The van der Waals surface area contributed by atoms with E-state index in [2.05, 4.69) is 57.3 Å². The Labute approximate surface area is 183 Å². The smallest absolute Gasteiger partial charge is 0.119 e. The quantitative estimate of drug-likeness (QED) is 0.307. The first-order valence-electron chi connectivity index (χ1n) is 11.9. The first-order valence-corrected chi connectivity index (χ1v) is 11.9. The molecule has 0 aromatic heterocycles. The minimum absolute atomic E-state index is 0.0824. The second-order valence-corrected chi connectivity index (χ2v) is 10.1. The molecule has 4 heteroatoms. The summed E-state index contributed by atoms with van der Waals surface area (Å²) in [6.45, 7) is 11.5. The molecule has 0 saturated heterocycles. The molecule has 2 aliphatic carbocycles. The number of benzene rings is 1. The van der Waals surface area contributed by atoms with E-state index in [1.165, 1.54) is 37.7 Å². The minimum atomic E-state index is 0.0824. The molecule has 3 atom stereocenters. The van der Waals surface area contributed by atoms with Gasteiger partial charge in [0.15, 0.2) is 0 Å². The molecule has 0 aliphatic heterocycles. The van der Waals surface area contributed by atoms with Crippen molar-refractivity contribution in [3.05, 3.63) is 34.9 Å². The molecule has 0 heterocycles. The van der Waals surface area contributed by atoms with E-state index in [4.69, 9.17) is 14.7 Å². The molecule has 0 unspecified atom stereocenters. The number of aliphatic hydroxyl groups excluding tert-OH is 1. The van der Waals surface area contributed by atoms with Gasteiger partial charge in [-0.05, 0) is 66.0 Å². The Morgan fingerprint density at radius 3 is 2.73 bits per heavy atom. The molecule has 3 rings (SSSR count). The van der Waals surface area contributed by atoms with Crippen LogP contribution in [0, 0.1) is 11.3 Å². The maximum absolute atomic E-state index is 8.75. The second kappa shape index (κ2) is 10.3. The zero-order valence-electron chi connectivity index (χ0n) is 19.5. The molecule has 30 heavy (non-hydrogen) atoms. The summed E-state index contributed by atoms with van der Waals surface area (Å²) < 4.78 is 5.44. The van der Waals surface area contributed by atoms with Gasteiger partial charge in [0.1, 0.15) is 6.61 Å². The topological polar surface area (TPSA) is 51.0 Å². The van der Waals surface area contributed by atoms with Crippen molar-refractivity contribution in [1.29, 1.82) is 0 Å². The lowest BCUT2D eigenvalue weighted by atomic mass is 9.50. The SMILES string of the molecule is CC(C)c1ccc2c(c1)CC[C@H]1[C@](C)(/C=N/OCCCOCCCO)CCC[C@]21C. The molecule has 1 aromatic rings. The second-order valence-electron chi connectivity index (χ2n) is 10.1. The Kier molecular flexibility index (Phi) is 7.98. The van der Waals surface area contributed by atoms with Crippen LogP contribution in [0.1, 0.15) is 88.8 Å². The first-order chi connectivity index (χ1) is 14.4. The van der Waals surface area contributed by atoms with Crippen molar-refractivity contribution in [3.63, 3.8) is 0 Å². The summed E-state index contributed by atoms with van der Waals surface area (Å²) in [5, 5.41) is 13.1. The first kappa shape index (κ1) is 23.3. The standard InChI is InChI=1S/C26H41NO3/c1-20(2)21-8-10-23-22(18-21)9-11-24-25(3,12-5-13-26(23,24)4)19-27-30-17-7-16-29-15-6-14-28/h8,10,18-20,24,28H,5-7,9,11-17H2,1-4H3/b27-19+/t24-,25-,26+/m0/s1. The van der Waals surface area contributed by atoms with E-state index < -0.39 is 0 Å². The number of nitrogens with zero attached hydrogens (tertiary/aromatic N) is 1. The number of aryl methyl sites for hydroxylation is 1. The van der Waals surface area contributed by atoms with Gasteiger partial charge in [-0.25, -0.2) is 0 Å². The third-order valence-electron chi connectivity index (χ3n) is 7.48. The molecule has 2 aliphatic rings. The maximum Gasteiger partial charge on any atom is 0.119 e. The Bertz CT molecular complexity index is 716. The highest BCUT2D eigenvalue weighted by atomic mass is 16.6. The van der Waals surface area contributed by atoms with Crippen molar-refractivity contribution in [2.24, 2.45) is 16.5 Å². The van der Waals surface area contributed by atoms with Crippen LogP contribution in [0.3, 0.4) is 0 Å². The van der Waals surface area contributed by atoms with Crippen LogP contribution in [0.2, 0.25) is 0 Å². The molecule has 1 fully saturated rings. The summed E-state index contributed by atoms with van der Waals surface area (Å²) in [6, 6.07) is 7.24. The van der Waals surface area contributed by atoms with Gasteiger partial charge in [0.2, 0.25) is 0 Å². The number of hydrogen-bond donors (Lipinski definition) is 1. The molecule has 0 amide bonds. The molecular formula is C26H41NO3. The minimum Gasteiger partial charge on any atom is -0.396 e. The molecule has 1 N–H and O–H groups in total. The number of rotatable bonds is 10. The van der Waals surface area contributed by atoms with Crippen molar-refractivity contribution < 1.29 is 14.7 Å². The van der Waals surface area contributed by atoms with Gasteiger partial charge in [-0.2, -0.15) is 0 Å². The largest absolute Gasteiger partial charge is 0.396 e. The van der Waals surface area contributed by atoms with E-state index in [0.29, 0.717) is 38.1 Å². The molecule has 0 radical (unpaired) electrons. The fourth-order valence-corrected chi connectivity index (χ4v) is 5.78. The third kappa shape index (κ3) is 5.08. The van der Waals surface area contributed by atoms with Crippen LogP contribution in [0.4, 0.5) is 0 Å². The zero-order valence-corrected chi connectivity index (χ0v) is 19.5. The average molecular weight is 416 g/mol. The zero-order chi connectivity index (χ0) is 21.6. The van der Waals surface area contributed by atoms with Gasteiger partial charge < -0.3 is 14.7 Å². The predicted molar refractivity (Wildman–Crippen MR) is 123 cm³/mol. The number of ether oxygens (including phenoxy) is 1. The van der Waals surface area contributed by atoms with E-state index in [1.54, 1.807) is 11.1 Å². The lowest BCUT2D eigenvalue weighted by Gasteiger charge is -2.54. The van der Waals surface area contributed by atoms with Gasteiger partial charge in [0.25, 0.3) is 0 Å². The number of fused-ring (bicyclic) bond motifs is 3. The van der Waals surface area contributed by atoms with Crippen molar-refractivity contribution >= 4 is 6.21 Å². The molecule has 1 aromatic carbocycles. The Morgan fingerprint density at radius 1 is 1.17 bits per heavy atom. The van der Waals surface area contributed by atoms with Crippen LogP contribution in [-0.4, -0.2) is 37.7 Å². The monoisotopic (exact) mass is 415 g/mol. The normalized spacial score (nSPS) is 28.5. The summed E-state index contributed by atoms with van der Waals surface area (Å²) >= 11 is 0. The van der Waals surface area contributed by atoms with Gasteiger partial charge in [-0.3, -0.25) is 0 Å². The van der Waals surface area contributed by atoms with E-state index in [0.717, 1.165) is 6.42 Å². The van der Waals surface area contributed by atoms with Crippen LogP contribution in [0.5, 0.6) is 0 Å². The van der Waals surface area contributed by atoms with Crippen LogP contribution in [0.15, 0.2) is 23.4 Å². The molecule has 0 spiro atoms. The van der Waals surface area contributed by atoms with E-state index in [-0.39, 0.29) is 17.4 Å². The highest BCUT2D eigenvalue weighted by molar-refractivity contribution is 5.66. The predicted octanol–water partition coefficient (Wildman–Crippen LogP) is 5.61. The van der Waals surface area contributed by atoms with Crippen molar-refractivity contribution in [1.82, 2.24) is 0 Å². The highest BCUT2D eigenvalue weighted by Gasteiger charge is 2.51. The molecule has 4 nitrogen and oxygen atoms in total. The van der Waals surface area contributed by atoms with Crippen molar-refractivity contribution in [2.45, 2.75) is 84.0 Å². The van der Waals surface area contributed by atoms with Gasteiger partial charge in [0, 0.05) is 37.9 Å². The summed E-state index contributed by atoms with van der Waals surface area (Å²) in [5.41, 5.74) is 4.91. The van der Waals surface area contributed by atoms with Gasteiger partial charge >= 0.3 is 0 Å². The van der Waals surface area contributed by atoms with Crippen molar-refractivity contribution in [2.75, 3.05) is 26.4 Å². The van der Waals surface area contributed by atoms with E-state index in [9.17, 15) is 0 Å². The van der Waals surface area contributed by atoms with Gasteiger partial charge in [0.05, 0.1) is 0 Å². The Hall–Kier alpha value is -1.39. The third-order valence-corrected chi connectivity index (χ3v) is 7.48. The van der Waals surface area contributed by atoms with Gasteiger partial charge in [-0.1, -0.05) is 57.5 Å². The van der Waals surface area contributed by atoms with Crippen LogP contribution >= 0.6 is 0 Å². The summed E-state index contributed by atoms with van der Waals surface area (Å²) in [5.74, 6) is 1.19. The van der Waals surface area contributed by atoms with Crippen LogP contribution in [0.25, 0.3) is 0 Å². The number of oxime groups is 1. The summed E-state index contributed by atoms with van der Waals surface area (Å²) in [6.07, 6.45) is 9.71. The van der Waals surface area contributed by atoms with Crippen LogP contribution < -0.4 is 0 Å². The number of aliphatic hydroxyl groups is 1. The Morgan fingerprint density at radius 2 is 1.97 bits per heavy atom. The molecule has 1 saturated carbocycles. The van der Waals surface area contributed by atoms with Gasteiger partial charge in [-0.15, -0.1) is 0 Å². The molecule has 168 valence electrons. The maximum atomic E-state index is 8.75. The highest BCUT2D eigenvalue weighted by Crippen LogP contribution is 2.56. The molecule has 0 bridgehead atoms. The van der Waals surface area contributed by atoms with Crippen LogP contribution in [-0.2, 0) is 21.4 Å². The summed E-state index contributed by atoms with van der Waals surface area (Å²) in [7, 11) is 0. The van der Waals surface area contributed by atoms with E-state index >= 15 is 0 Å². The molecular weight excluding hydrogens is 374 g/mol. The fraction of sp³-hybridized carbons (Fsp3) is 0.731.